The molecule has 0 saturated heterocycles. The van der Waals surface area contributed by atoms with Crippen molar-refractivity contribution in [1.82, 2.24) is 4.98 Å². The molecule has 1 aromatic heterocycles. The summed E-state index contributed by atoms with van der Waals surface area (Å²) in [6.45, 7) is 6.14. The Morgan fingerprint density at radius 3 is 2.80 bits per heavy atom. The van der Waals surface area contributed by atoms with Crippen molar-refractivity contribution in [1.29, 1.82) is 0 Å². The second-order valence-corrected chi connectivity index (χ2v) is 7.79. The average Bonchev–Trinajstić information content (AvgIpc) is 2.59. The van der Waals surface area contributed by atoms with Gasteiger partial charge in [0, 0.05) is 6.20 Å². The second-order valence-electron chi connectivity index (χ2n) is 6.99. The highest BCUT2D eigenvalue weighted by atomic mass is 32.2. The minimum atomic E-state index is -0.549. The van der Waals surface area contributed by atoms with Crippen LogP contribution in [0.4, 0.5) is 0 Å². The lowest BCUT2D eigenvalue weighted by atomic mass is 9.75. The van der Waals surface area contributed by atoms with Crippen molar-refractivity contribution in [3.63, 3.8) is 0 Å². The third kappa shape index (κ3) is 5.46. The van der Waals surface area contributed by atoms with Crippen LogP contribution in [0.25, 0.3) is 0 Å². The summed E-state index contributed by atoms with van der Waals surface area (Å²) >= 11 is 1.36. The smallest absolute Gasteiger partial charge is 0.344 e. The molecule has 3 atom stereocenters. The largest absolute Gasteiger partial charge is 0.460 e. The van der Waals surface area contributed by atoms with E-state index < -0.39 is 11.9 Å². The zero-order chi connectivity index (χ0) is 18.4. The zero-order valence-electron chi connectivity index (χ0n) is 15.4. The van der Waals surface area contributed by atoms with Gasteiger partial charge in [0.2, 0.25) is 0 Å². The Hall–Kier alpha value is -1.56. The Morgan fingerprint density at radius 1 is 1.36 bits per heavy atom. The molecule has 0 N–H and O–H groups in total. The number of hydrogen-bond acceptors (Lipinski definition) is 6. The molecule has 0 radical (unpaired) electrons. The van der Waals surface area contributed by atoms with Crippen molar-refractivity contribution in [2.45, 2.75) is 51.2 Å². The summed E-state index contributed by atoms with van der Waals surface area (Å²) < 4.78 is 10.8. The SMILES string of the molecule is CSc1ncccc1C(=O)OCC(=O)O[C@@H]1C[C@H](C)CC[C@H]1C(C)C. The lowest BCUT2D eigenvalue weighted by molar-refractivity contribution is -0.159. The third-order valence-corrected chi connectivity index (χ3v) is 5.46. The summed E-state index contributed by atoms with van der Waals surface area (Å²) in [4.78, 5) is 28.4. The van der Waals surface area contributed by atoms with Gasteiger partial charge < -0.3 is 9.47 Å². The van der Waals surface area contributed by atoms with Crippen molar-refractivity contribution in [2.24, 2.45) is 17.8 Å². The summed E-state index contributed by atoms with van der Waals surface area (Å²) in [5.74, 6) is 0.360. The minimum absolute atomic E-state index is 0.0879. The first-order valence-electron chi connectivity index (χ1n) is 8.78. The second kappa shape index (κ2) is 9.22. The van der Waals surface area contributed by atoms with E-state index in [1.807, 2.05) is 6.26 Å². The van der Waals surface area contributed by atoms with Crippen LogP contribution >= 0.6 is 11.8 Å². The number of pyridine rings is 1. The Labute approximate surface area is 153 Å². The van der Waals surface area contributed by atoms with Crippen molar-refractivity contribution < 1.29 is 19.1 Å². The number of esters is 2. The van der Waals surface area contributed by atoms with Crippen LogP contribution in [0.1, 0.15) is 50.4 Å². The number of carbonyl (C=O) groups excluding carboxylic acids is 2. The van der Waals surface area contributed by atoms with Gasteiger partial charge in [-0.05, 0) is 49.0 Å². The van der Waals surface area contributed by atoms with Gasteiger partial charge in [-0.1, -0.05) is 27.2 Å². The Balaban J connectivity index is 1.90. The predicted octanol–water partition coefficient (Wildman–Crippen LogP) is 3.96. The van der Waals surface area contributed by atoms with E-state index in [9.17, 15) is 9.59 Å². The summed E-state index contributed by atoms with van der Waals surface area (Å²) in [5.41, 5.74) is 0.370. The number of rotatable bonds is 6. The van der Waals surface area contributed by atoms with Crippen LogP contribution in [-0.2, 0) is 14.3 Å². The predicted molar refractivity (Wildman–Crippen MR) is 97.5 cm³/mol. The number of nitrogens with zero attached hydrogens (tertiary/aromatic N) is 1. The molecule has 1 aliphatic rings. The van der Waals surface area contributed by atoms with E-state index in [1.165, 1.54) is 18.2 Å². The molecular weight excluding hydrogens is 338 g/mol. The average molecular weight is 365 g/mol. The molecule has 0 bridgehead atoms. The van der Waals surface area contributed by atoms with Gasteiger partial charge in [0.15, 0.2) is 6.61 Å². The van der Waals surface area contributed by atoms with Crippen LogP contribution in [0, 0.1) is 17.8 Å². The van der Waals surface area contributed by atoms with Gasteiger partial charge in [-0.2, -0.15) is 0 Å². The molecule has 1 fully saturated rings. The zero-order valence-corrected chi connectivity index (χ0v) is 16.2. The van der Waals surface area contributed by atoms with Crippen molar-refractivity contribution in [3.8, 4) is 0 Å². The molecular formula is C19H27NO4S. The lowest BCUT2D eigenvalue weighted by Crippen LogP contribution is -2.36. The van der Waals surface area contributed by atoms with Crippen LogP contribution in [0.2, 0.25) is 0 Å². The van der Waals surface area contributed by atoms with Crippen LogP contribution in [0.5, 0.6) is 0 Å². The van der Waals surface area contributed by atoms with Gasteiger partial charge in [0.25, 0.3) is 0 Å². The first-order chi connectivity index (χ1) is 11.9. The maximum absolute atomic E-state index is 12.2. The Kier molecular flexibility index (Phi) is 7.29. The number of thioether (sulfide) groups is 1. The Morgan fingerprint density at radius 2 is 2.12 bits per heavy atom. The van der Waals surface area contributed by atoms with Gasteiger partial charge in [-0.25, -0.2) is 14.6 Å². The van der Waals surface area contributed by atoms with Gasteiger partial charge in [-0.3, -0.25) is 0 Å². The van der Waals surface area contributed by atoms with Gasteiger partial charge in [0.1, 0.15) is 11.1 Å². The molecule has 1 aliphatic carbocycles. The minimum Gasteiger partial charge on any atom is -0.460 e. The van der Waals surface area contributed by atoms with Gasteiger partial charge in [-0.15, -0.1) is 11.8 Å². The van der Waals surface area contributed by atoms with E-state index in [1.54, 1.807) is 18.3 Å². The fourth-order valence-electron chi connectivity index (χ4n) is 3.36. The van der Waals surface area contributed by atoms with E-state index in [2.05, 4.69) is 25.8 Å². The van der Waals surface area contributed by atoms with E-state index in [0.717, 1.165) is 12.8 Å². The fraction of sp³-hybridized carbons (Fsp3) is 0.632. The van der Waals surface area contributed by atoms with Crippen molar-refractivity contribution in [2.75, 3.05) is 12.9 Å². The molecule has 2 rings (SSSR count). The number of aromatic nitrogens is 1. The maximum atomic E-state index is 12.2. The highest BCUT2D eigenvalue weighted by Crippen LogP contribution is 2.35. The van der Waals surface area contributed by atoms with E-state index in [0.29, 0.717) is 28.3 Å². The quantitative estimate of drug-likeness (QED) is 0.561. The molecule has 0 spiro atoms. The molecule has 0 amide bonds. The van der Waals surface area contributed by atoms with Crippen molar-refractivity contribution >= 4 is 23.7 Å². The van der Waals surface area contributed by atoms with Crippen molar-refractivity contribution in [3.05, 3.63) is 23.9 Å². The van der Waals surface area contributed by atoms with Crippen LogP contribution in [0.15, 0.2) is 23.4 Å². The number of carbonyl (C=O) groups is 2. The normalized spacial score (nSPS) is 23.3. The first kappa shape index (κ1) is 19.8. The number of hydrogen-bond donors (Lipinski definition) is 0. The Bertz CT molecular complexity index is 605. The van der Waals surface area contributed by atoms with E-state index >= 15 is 0 Å². The standard InChI is InChI=1S/C19H27NO4S/c1-12(2)14-8-7-13(3)10-16(14)24-17(21)11-23-19(22)15-6-5-9-20-18(15)25-4/h5-6,9,12-14,16H,7-8,10-11H2,1-4H3/t13-,14+,16-/m1/s1. The van der Waals surface area contributed by atoms with Crippen LogP contribution in [0.3, 0.4) is 0 Å². The van der Waals surface area contributed by atoms with E-state index in [-0.39, 0.29) is 12.7 Å². The molecule has 6 heteroatoms. The molecule has 1 saturated carbocycles. The molecule has 1 heterocycles. The topological polar surface area (TPSA) is 65.5 Å². The van der Waals surface area contributed by atoms with Crippen LogP contribution in [-0.4, -0.2) is 35.9 Å². The summed E-state index contributed by atoms with van der Waals surface area (Å²) in [7, 11) is 0. The monoisotopic (exact) mass is 365 g/mol. The lowest BCUT2D eigenvalue weighted by Gasteiger charge is -2.36. The fourth-order valence-corrected chi connectivity index (χ4v) is 3.90. The molecule has 1 aromatic rings. The van der Waals surface area contributed by atoms with Gasteiger partial charge >= 0.3 is 11.9 Å². The summed E-state index contributed by atoms with van der Waals surface area (Å²) in [6.07, 6.45) is 6.49. The first-order valence-corrected chi connectivity index (χ1v) is 10.0. The number of ether oxygens (including phenoxy) is 2. The summed E-state index contributed by atoms with van der Waals surface area (Å²) in [5, 5.41) is 0.585. The van der Waals surface area contributed by atoms with Gasteiger partial charge in [0.05, 0.1) is 5.56 Å². The molecule has 0 aliphatic heterocycles. The highest BCUT2D eigenvalue weighted by Gasteiger charge is 2.33. The third-order valence-electron chi connectivity index (χ3n) is 4.75. The maximum Gasteiger partial charge on any atom is 0.344 e. The molecule has 138 valence electrons. The van der Waals surface area contributed by atoms with Crippen LogP contribution < -0.4 is 0 Å². The molecule has 25 heavy (non-hydrogen) atoms. The van der Waals surface area contributed by atoms with E-state index in [4.69, 9.17) is 9.47 Å². The molecule has 0 aromatic carbocycles. The summed E-state index contributed by atoms with van der Waals surface area (Å²) in [6, 6.07) is 3.31. The molecule has 0 unspecified atom stereocenters. The molecule has 5 nitrogen and oxygen atoms in total. The highest BCUT2D eigenvalue weighted by molar-refractivity contribution is 7.98.